The number of anilines is 1. The van der Waals surface area contributed by atoms with Crippen LogP contribution in [0.2, 0.25) is 0 Å². The van der Waals surface area contributed by atoms with Crippen molar-refractivity contribution in [2.75, 3.05) is 16.8 Å². The molecule has 1 aromatic rings. The Bertz CT molecular complexity index is 583. The summed E-state index contributed by atoms with van der Waals surface area (Å²) < 4.78 is 36.0. The molecule has 0 aliphatic carbocycles. The molecule has 1 fully saturated rings. The van der Waals surface area contributed by atoms with E-state index in [9.17, 15) is 17.6 Å². The number of benzene rings is 1. The minimum atomic E-state index is -3.11. The van der Waals surface area contributed by atoms with E-state index in [-0.39, 0.29) is 17.2 Å². The van der Waals surface area contributed by atoms with Gasteiger partial charge in [0, 0.05) is 0 Å². The molecule has 0 radical (unpaired) electrons. The Morgan fingerprint density at radius 2 is 2.17 bits per heavy atom. The smallest absolute Gasteiger partial charge is 0.228 e. The molecule has 0 spiro atoms. The van der Waals surface area contributed by atoms with Crippen molar-refractivity contribution in [1.29, 1.82) is 0 Å². The molecule has 1 atom stereocenters. The maximum atomic E-state index is 13.4. The van der Waals surface area contributed by atoms with Crippen molar-refractivity contribution in [3.05, 3.63) is 29.6 Å². The molecular weight excluding hydrogens is 257 g/mol. The molecule has 1 N–H and O–H groups in total. The second-order valence-electron chi connectivity index (χ2n) is 4.57. The number of aryl methyl sites for hydroxylation is 1. The topological polar surface area (TPSA) is 63.2 Å². The van der Waals surface area contributed by atoms with Crippen LogP contribution >= 0.6 is 0 Å². The van der Waals surface area contributed by atoms with E-state index in [1.165, 1.54) is 12.1 Å². The molecule has 18 heavy (non-hydrogen) atoms. The van der Waals surface area contributed by atoms with Crippen LogP contribution in [-0.4, -0.2) is 25.8 Å². The van der Waals surface area contributed by atoms with Crippen molar-refractivity contribution in [2.24, 2.45) is 5.92 Å². The third-order valence-electron chi connectivity index (χ3n) is 2.98. The molecule has 1 aromatic carbocycles. The summed E-state index contributed by atoms with van der Waals surface area (Å²) in [6.07, 6.45) is 0.307. The summed E-state index contributed by atoms with van der Waals surface area (Å²) in [6, 6.07) is 4.40. The largest absolute Gasteiger partial charge is 0.323 e. The first-order chi connectivity index (χ1) is 8.37. The van der Waals surface area contributed by atoms with Gasteiger partial charge >= 0.3 is 0 Å². The van der Waals surface area contributed by atoms with Crippen molar-refractivity contribution < 1.29 is 17.6 Å². The van der Waals surface area contributed by atoms with Crippen molar-refractivity contribution >= 4 is 21.4 Å². The zero-order chi connectivity index (χ0) is 13.3. The average molecular weight is 271 g/mol. The van der Waals surface area contributed by atoms with Crippen LogP contribution in [0.4, 0.5) is 10.1 Å². The summed E-state index contributed by atoms with van der Waals surface area (Å²) in [5, 5.41) is 2.45. The molecule has 0 aromatic heterocycles. The van der Waals surface area contributed by atoms with Gasteiger partial charge in [-0.05, 0) is 31.0 Å². The maximum Gasteiger partial charge on any atom is 0.228 e. The highest BCUT2D eigenvalue weighted by Crippen LogP contribution is 2.22. The van der Waals surface area contributed by atoms with Crippen LogP contribution in [0.15, 0.2) is 18.2 Å². The summed E-state index contributed by atoms with van der Waals surface area (Å²) in [5.74, 6) is -1.64. The van der Waals surface area contributed by atoms with Crippen molar-refractivity contribution in [2.45, 2.75) is 13.3 Å². The Kier molecular flexibility index (Phi) is 3.38. The first-order valence-corrected chi connectivity index (χ1v) is 7.47. The van der Waals surface area contributed by atoms with Gasteiger partial charge in [0.25, 0.3) is 0 Å². The lowest BCUT2D eigenvalue weighted by Gasteiger charge is -2.10. The maximum absolute atomic E-state index is 13.4. The summed E-state index contributed by atoms with van der Waals surface area (Å²) in [4.78, 5) is 11.8. The van der Waals surface area contributed by atoms with E-state index in [2.05, 4.69) is 5.32 Å². The van der Waals surface area contributed by atoms with E-state index in [4.69, 9.17) is 0 Å². The van der Waals surface area contributed by atoms with Gasteiger partial charge in [0.2, 0.25) is 5.91 Å². The number of carbonyl (C=O) groups is 1. The number of halogens is 1. The summed E-state index contributed by atoms with van der Waals surface area (Å²) in [6.45, 7) is 1.79. The fourth-order valence-corrected chi connectivity index (χ4v) is 3.71. The van der Waals surface area contributed by atoms with Crippen molar-refractivity contribution in [3.8, 4) is 0 Å². The van der Waals surface area contributed by atoms with E-state index < -0.39 is 27.5 Å². The number of amides is 1. The van der Waals surface area contributed by atoms with Crippen LogP contribution in [0.25, 0.3) is 0 Å². The van der Waals surface area contributed by atoms with E-state index in [0.717, 1.165) is 5.56 Å². The predicted octanol–water partition coefficient (Wildman–Crippen LogP) is 1.51. The quantitative estimate of drug-likeness (QED) is 0.886. The van der Waals surface area contributed by atoms with Gasteiger partial charge in [-0.3, -0.25) is 4.79 Å². The van der Waals surface area contributed by atoms with Crippen LogP contribution in [0.5, 0.6) is 0 Å². The van der Waals surface area contributed by atoms with Crippen LogP contribution in [0.1, 0.15) is 12.0 Å². The molecule has 2 rings (SSSR count). The van der Waals surface area contributed by atoms with Gasteiger partial charge in [0.15, 0.2) is 9.84 Å². The number of rotatable bonds is 2. The Morgan fingerprint density at radius 3 is 2.78 bits per heavy atom. The Morgan fingerprint density at radius 1 is 1.44 bits per heavy atom. The molecular formula is C12H14FNO3S. The van der Waals surface area contributed by atoms with Gasteiger partial charge in [-0.1, -0.05) is 6.07 Å². The van der Waals surface area contributed by atoms with E-state index in [0.29, 0.717) is 6.42 Å². The first kappa shape index (κ1) is 13.0. The zero-order valence-corrected chi connectivity index (χ0v) is 10.8. The standard InChI is InChI=1S/C12H14FNO3S/c1-8-2-3-10(13)11(6-8)14-12(15)9-4-5-18(16,17)7-9/h2-3,6,9H,4-5,7H2,1H3,(H,14,15). The molecule has 98 valence electrons. The highest BCUT2D eigenvalue weighted by molar-refractivity contribution is 7.91. The highest BCUT2D eigenvalue weighted by atomic mass is 32.2. The number of sulfone groups is 1. The lowest BCUT2D eigenvalue weighted by molar-refractivity contribution is -0.119. The van der Waals surface area contributed by atoms with Crippen LogP contribution in [0.3, 0.4) is 0 Å². The summed E-state index contributed by atoms with van der Waals surface area (Å²) >= 11 is 0. The minimum Gasteiger partial charge on any atom is -0.323 e. The highest BCUT2D eigenvalue weighted by Gasteiger charge is 2.33. The second-order valence-corrected chi connectivity index (χ2v) is 6.80. The summed E-state index contributed by atoms with van der Waals surface area (Å²) in [7, 11) is -3.11. The Hall–Kier alpha value is -1.43. The fourth-order valence-electron chi connectivity index (χ4n) is 1.97. The third kappa shape index (κ3) is 2.87. The fraction of sp³-hybridized carbons (Fsp3) is 0.417. The molecule has 1 aliphatic rings. The molecule has 1 amide bonds. The second kappa shape index (κ2) is 4.68. The number of carbonyl (C=O) groups excluding carboxylic acids is 1. The van der Waals surface area contributed by atoms with E-state index in [1.54, 1.807) is 13.0 Å². The molecule has 4 nitrogen and oxygen atoms in total. The average Bonchev–Trinajstić information content (AvgIpc) is 2.64. The Balaban J connectivity index is 2.10. The van der Waals surface area contributed by atoms with E-state index in [1.807, 2.05) is 0 Å². The molecule has 0 saturated carbocycles. The lowest BCUT2D eigenvalue weighted by Crippen LogP contribution is -2.24. The lowest BCUT2D eigenvalue weighted by atomic mass is 10.1. The number of hydrogen-bond acceptors (Lipinski definition) is 3. The van der Waals surface area contributed by atoms with E-state index >= 15 is 0 Å². The number of nitrogens with one attached hydrogen (secondary N) is 1. The van der Waals surface area contributed by atoms with Gasteiger partial charge in [-0.25, -0.2) is 12.8 Å². The zero-order valence-electron chi connectivity index (χ0n) is 9.94. The Labute approximate surface area is 105 Å². The van der Waals surface area contributed by atoms with Gasteiger partial charge in [-0.15, -0.1) is 0 Å². The molecule has 1 heterocycles. The molecule has 1 saturated heterocycles. The normalized spacial score (nSPS) is 21.8. The minimum absolute atomic E-state index is 0.0292. The van der Waals surface area contributed by atoms with Gasteiger partial charge in [0.05, 0.1) is 23.1 Å². The third-order valence-corrected chi connectivity index (χ3v) is 4.75. The van der Waals surface area contributed by atoms with Crippen LogP contribution in [-0.2, 0) is 14.6 Å². The predicted molar refractivity (Wildman–Crippen MR) is 66.5 cm³/mol. The van der Waals surface area contributed by atoms with Crippen molar-refractivity contribution in [3.63, 3.8) is 0 Å². The van der Waals surface area contributed by atoms with Gasteiger partial charge in [0.1, 0.15) is 5.82 Å². The van der Waals surface area contributed by atoms with Crippen LogP contribution in [0, 0.1) is 18.7 Å². The molecule has 6 heteroatoms. The molecule has 0 bridgehead atoms. The summed E-state index contributed by atoms with van der Waals surface area (Å²) in [5.41, 5.74) is 0.926. The number of hydrogen-bond donors (Lipinski definition) is 1. The van der Waals surface area contributed by atoms with Crippen LogP contribution < -0.4 is 5.32 Å². The van der Waals surface area contributed by atoms with Gasteiger partial charge in [-0.2, -0.15) is 0 Å². The van der Waals surface area contributed by atoms with Crippen molar-refractivity contribution in [1.82, 2.24) is 0 Å². The molecule has 1 unspecified atom stereocenters. The van der Waals surface area contributed by atoms with Gasteiger partial charge < -0.3 is 5.32 Å². The SMILES string of the molecule is Cc1ccc(F)c(NC(=O)C2CCS(=O)(=O)C2)c1. The monoisotopic (exact) mass is 271 g/mol. The molecule has 1 aliphatic heterocycles. The first-order valence-electron chi connectivity index (χ1n) is 5.65.